The molecule has 1 aliphatic rings. The van der Waals surface area contributed by atoms with Crippen molar-refractivity contribution in [1.82, 2.24) is 9.88 Å². The lowest BCUT2D eigenvalue weighted by Crippen LogP contribution is -2.40. The standard InChI is InChI=1S/C11H15N3O3S.ClH/c1-7-6-18-11(12-7)13-9(15)5-14-4-2-3-8(14)10(16)17;/h6,8H,2-5H2,1H3,(H,16,17)(H,12,13,15);1H/t8-;/m1./s1. The van der Waals surface area contributed by atoms with E-state index < -0.39 is 12.0 Å². The molecule has 0 unspecified atom stereocenters. The number of carboxylic acids is 1. The van der Waals surface area contributed by atoms with Crippen LogP contribution in [0.3, 0.4) is 0 Å². The molecule has 19 heavy (non-hydrogen) atoms. The molecule has 1 saturated heterocycles. The number of halogens is 1. The van der Waals surface area contributed by atoms with Gasteiger partial charge < -0.3 is 10.4 Å². The fourth-order valence-corrected chi connectivity index (χ4v) is 2.75. The van der Waals surface area contributed by atoms with Gasteiger partial charge in [-0.25, -0.2) is 4.98 Å². The van der Waals surface area contributed by atoms with Gasteiger partial charge in [-0.15, -0.1) is 23.7 Å². The van der Waals surface area contributed by atoms with Crippen LogP contribution in [-0.2, 0) is 9.59 Å². The van der Waals surface area contributed by atoms with Crippen molar-refractivity contribution in [2.75, 3.05) is 18.4 Å². The normalized spacial score (nSPS) is 18.9. The van der Waals surface area contributed by atoms with Crippen molar-refractivity contribution in [2.24, 2.45) is 0 Å². The Bertz CT molecular complexity index is 466. The molecule has 0 radical (unpaired) electrons. The second kappa shape index (κ2) is 6.83. The first-order chi connectivity index (χ1) is 8.56. The Labute approximate surface area is 121 Å². The lowest BCUT2D eigenvalue weighted by Gasteiger charge is -2.19. The van der Waals surface area contributed by atoms with Gasteiger partial charge in [0.1, 0.15) is 6.04 Å². The average Bonchev–Trinajstić information content (AvgIpc) is 2.87. The molecule has 1 atom stereocenters. The molecule has 2 N–H and O–H groups in total. The monoisotopic (exact) mass is 305 g/mol. The molecule has 1 fully saturated rings. The van der Waals surface area contributed by atoms with E-state index in [9.17, 15) is 9.59 Å². The van der Waals surface area contributed by atoms with E-state index in [4.69, 9.17) is 5.11 Å². The lowest BCUT2D eigenvalue weighted by molar-refractivity contribution is -0.142. The van der Waals surface area contributed by atoms with E-state index in [-0.39, 0.29) is 24.9 Å². The van der Waals surface area contributed by atoms with Crippen LogP contribution in [0.2, 0.25) is 0 Å². The molecular formula is C11H16ClN3O3S. The number of likely N-dealkylation sites (tertiary alicyclic amines) is 1. The molecule has 1 aromatic rings. The van der Waals surface area contributed by atoms with Crippen LogP contribution >= 0.6 is 23.7 Å². The number of rotatable bonds is 4. The molecule has 0 aromatic carbocycles. The number of carbonyl (C=O) groups excluding carboxylic acids is 1. The van der Waals surface area contributed by atoms with Crippen LogP contribution in [0.1, 0.15) is 18.5 Å². The quantitative estimate of drug-likeness (QED) is 0.877. The maximum Gasteiger partial charge on any atom is 0.320 e. The van der Waals surface area contributed by atoms with Gasteiger partial charge in [-0.3, -0.25) is 14.5 Å². The number of amides is 1. The lowest BCUT2D eigenvalue weighted by atomic mass is 10.2. The number of thiazole rings is 1. The van der Waals surface area contributed by atoms with E-state index in [0.717, 1.165) is 12.1 Å². The van der Waals surface area contributed by atoms with Gasteiger partial charge in [0, 0.05) is 5.38 Å². The maximum atomic E-state index is 11.8. The third kappa shape index (κ3) is 4.15. The molecule has 1 amide bonds. The minimum absolute atomic E-state index is 0. The third-order valence-corrected chi connectivity index (χ3v) is 3.74. The zero-order chi connectivity index (χ0) is 13.1. The van der Waals surface area contributed by atoms with Gasteiger partial charge in [0.25, 0.3) is 0 Å². The summed E-state index contributed by atoms with van der Waals surface area (Å²) < 4.78 is 0. The van der Waals surface area contributed by atoms with Crippen LogP contribution in [-0.4, -0.2) is 46.0 Å². The highest BCUT2D eigenvalue weighted by atomic mass is 35.5. The largest absolute Gasteiger partial charge is 0.480 e. The molecule has 106 valence electrons. The minimum Gasteiger partial charge on any atom is -0.480 e. The second-order valence-electron chi connectivity index (χ2n) is 4.31. The van der Waals surface area contributed by atoms with Gasteiger partial charge in [-0.1, -0.05) is 0 Å². The number of carboxylic acid groups (broad SMARTS) is 1. The Morgan fingerprint density at radius 3 is 2.95 bits per heavy atom. The van der Waals surface area contributed by atoms with Crippen LogP contribution in [0.25, 0.3) is 0 Å². The Morgan fingerprint density at radius 1 is 1.63 bits per heavy atom. The third-order valence-electron chi connectivity index (χ3n) is 2.86. The van der Waals surface area contributed by atoms with Crippen LogP contribution in [0.5, 0.6) is 0 Å². The summed E-state index contributed by atoms with van der Waals surface area (Å²) in [5, 5.41) is 14.1. The van der Waals surface area contributed by atoms with E-state index in [1.165, 1.54) is 11.3 Å². The fourth-order valence-electron chi connectivity index (χ4n) is 2.05. The molecule has 8 heteroatoms. The molecule has 2 heterocycles. The molecule has 0 bridgehead atoms. The fraction of sp³-hybridized carbons (Fsp3) is 0.545. The second-order valence-corrected chi connectivity index (χ2v) is 5.17. The van der Waals surface area contributed by atoms with Crippen molar-refractivity contribution in [3.05, 3.63) is 11.1 Å². The van der Waals surface area contributed by atoms with Crippen molar-refractivity contribution >= 4 is 40.8 Å². The van der Waals surface area contributed by atoms with Gasteiger partial charge in [-0.2, -0.15) is 0 Å². The molecule has 0 spiro atoms. The van der Waals surface area contributed by atoms with Crippen molar-refractivity contribution in [3.63, 3.8) is 0 Å². The molecule has 2 rings (SSSR count). The van der Waals surface area contributed by atoms with Gasteiger partial charge >= 0.3 is 5.97 Å². The number of aliphatic carboxylic acids is 1. The van der Waals surface area contributed by atoms with Crippen molar-refractivity contribution in [2.45, 2.75) is 25.8 Å². The Kier molecular flexibility index (Phi) is 5.71. The zero-order valence-electron chi connectivity index (χ0n) is 10.5. The Balaban J connectivity index is 0.00000180. The first-order valence-corrected chi connectivity index (χ1v) is 6.63. The number of hydrogen-bond donors (Lipinski definition) is 2. The summed E-state index contributed by atoms with van der Waals surface area (Å²) in [4.78, 5) is 28.6. The van der Waals surface area contributed by atoms with E-state index in [2.05, 4.69) is 10.3 Å². The number of nitrogens with zero attached hydrogens (tertiary/aromatic N) is 2. The van der Waals surface area contributed by atoms with E-state index in [0.29, 0.717) is 18.1 Å². The smallest absolute Gasteiger partial charge is 0.320 e. The number of carbonyl (C=O) groups is 2. The van der Waals surface area contributed by atoms with Crippen LogP contribution in [0, 0.1) is 6.92 Å². The Morgan fingerprint density at radius 2 is 2.37 bits per heavy atom. The van der Waals surface area contributed by atoms with Gasteiger partial charge in [0.05, 0.1) is 12.2 Å². The Hall–Kier alpha value is -1.18. The predicted octanol–water partition coefficient (Wildman–Crippen LogP) is 1.36. The van der Waals surface area contributed by atoms with Crippen LogP contribution in [0.4, 0.5) is 5.13 Å². The summed E-state index contributed by atoms with van der Waals surface area (Å²) in [7, 11) is 0. The van der Waals surface area contributed by atoms with Gasteiger partial charge in [0.15, 0.2) is 5.13 Å². The zero-order valence-corrected chi connectivity index (χ0v) is 12.1. The maximum absolute atomic E-state index is 11.8. The summed E-state index contributed by atoms with van der Waals surface area (Å²) in [5.74, 6) is -1.07. The highest BCUT2D eigenvalue weighted by molar-refractivity contribution is 7.13. The number of aryl methyl sites for hydroxylation is 1. The first-order valence-electron chi connectivity index (χ1n) is 5.75. The number of nitrogens with one attached hydrogen (secondary N) is 1. The summed E-state index contributed by atoms with van der Waals surface area (Å²) >= 11 is 1.36. The van der Waals surface area contributed by atoms with E-state index in [1.54, 1.807) is 4.90 Å². The van der Waals surface area contributed by atoms with Gasteiger partial charge in [-0.05, 0) is 26.3 Å². The summed E-state index contributed by atoms with van der Waals surface area (Å²) in [5.41, 5.74) is 0.861. The minimum atomic E-state index is -0.856. The number of aromatic nitrogens is 1. The molecule has 0 saturated carbocycles. The molecule has 1 aromatic heterocycles. The van der Waals surface area contributed by atoms with E-state index >= 15 is 0 Å². The molecule has 0 aliphatic carbocycles. The summed E-state index contributed by atoms with van der Waals surface area (Å²) in [6, 6.07) is -0.534. The molecular weight excluding hydrogens is 290 g/mol. The highest BCUT2D eigenvalue weighted by Crippen LogP contribution is 2.18. The van der Waals surface area contributed by atoms with Crippen LogP contribution < -0.4 is 5.32 Å². The molecule has 1 aliphatic heterocycles. The topological polar surface area (TPSA) is 82.5 Å². The van der Waals surface area contributed by atoms with E-state index in [1.807, 2.05) is 12.3 Å². The number of hydrogen-bond acceptors (Lipinski definition) is 5. The summed E-state index contributed by atoms with van der Waals surface area (Å²) in [6.07, 6.45) is 1.43. The SMILES string of the molecule is Cc1csc(NC(=O)CN2CCC[C@@H]2C(=O)O)n1.Cl. The number of anilines is 1. The summed E-state index contributed by atoms with van der Waals surface area (Å²) in [6.45, 7) is 2.62. The van der Waals surface area contributed by atoms with Crippen molar-refractivity contribution in [3.8, 4) is 0 Å². The van der Waals surface area contributed by atoms with Crippen molar-refractivity contribution in [1.29, 1.82) is 0 Å². The average molecular weight is 306 g/mol. The molecule has 6 nitrogen and oxygen atoms in total. The van der Waals surface area contributed by atoms with Crippen LogP contribution in [0.15, 0.2) is 5.38 Å². The van der Waals surface area contributed by atoms with Crippen molar-refractivity contribution < 1.29 is 14.7 Å². The highest BCUT2D eigenvalue weighted by Gasteiger charge is 2.31. The van der Waals surface area contributed by atoms with Gasteiger partial charge in [0.2, 0.25) is 5.91 Å². The first kappa shape index (κ1) is 15.9. The predicted molar refractivity (Wildman–Crippen MR) is 75.0 cm³/mol.